The first kappa shape index (κ1) is 13.1. The van der Waals surface area contributed by atoms with Crippen molar-refractivity contribution in [2.75, 3.05) is 26.2 Å². The number of piperazine rings is 1. The van der Waals surface area contributed by atoms with Gasteiger partial charge in [0.15, 0.2) is 0 Å². The monoisotopic (exact) mass is 246 g/mol. The number of unbranched alkanes of at least 4 members (excludes halogenated alkanes) is 1. The lowest BCUT2D eigenvalue weighted by Crippen LogP contribution is -2.46. The molecule has 0 unspecified atom stereocenters. The number of carbonyl (C=O) groups excluding carboxylic acids is 1. The maximum atomic E-state index is 12.2. The van der Waals surface area contributed by atoms with Crippen molar-refractivity contribution in [3.63, 3.8) is 0 Å². The Kier molecular flexibility index (Phi) is 4.76. The summed E-state index contributed by atoms with van der Waals surface area (Å²) in [6.45, 7) is 5.63. The maximum absolute atomic E-state index is 12.2. The highest BCUT2D eigenvalue weighted by Gasteiger charge is 2.17. The lowest BCUT2D eigenvalue weighted by molar-refractivity contribution is 0.0736. The van der Waals surface area contributed by atoms with Gasteiger partial charge in [0.2, 0.25) is 0 Å². The summed E-state index contributed by atoms with van der Waals surface area (Å²) in [4.78, 5) is 14.2. The molecule has 1 aliphatic rings. The number of rotatable bonds is 4. The van der Waals surface area contributed by atoms with E-state index >= 15 is 0 Å². The molecule has 0 radical (unpaired) electrons. The molecule has 0 atom stereocenters. The van der Waals surface area contributed by atoms with Crippen LogP contribution in [-0.4, -0.2) is 37.0 Å². The molecule has 0 bridgehead atoms. The van der Waals surface area contributed by atoms with Crippen molar-refractivity contribution < 1.29 is 4.79 Å². The third-order valence-electron chi connectivity index (χ3n) is 3.42. The van der Waals surface area contributed by atoms with Crippen LogP contribution in [0.2, 0.25) is 0 Å². The van der Waals surface area contributed by atoms with Gasteiger partial charge < -0.3 is 10.2 Å². The first-order valence-electron chi connectivity index (χ1n) is 6.90. The Bertz CT molecular complexity index is 380. The van der Waals surface area contributed by atoms with Crippen molar-refractivity contribution in [2.24, 2.45) is 0 Å². The van der Waals surface area contributed by atoms with Crippen molar-refractivity contribution in [3.8, 4) is 0 Å². The molecule has 1 aromatic rings. The van der Waals surface area contributed by atoms with Gasteiger partial charge in [-0.2, -0.15) is 0 Å². The molecule has 0 saturated carbocycles. The number of amides is 1. The van der Waals surface area contributed by atoms with E-state index in [0.29, 0.717) is 0 Å². The molecular formula is C15H22N2O. The van der Waals surface area contributed by atoms with Crippen LogP contribution in [0.15, 0.2) is 24.3 Å². The van der Waals surface area contributed by atoms with Gasteiger partial charge in [-0.3, -0.25) is 4.79 Å². The van der Waals surface area contributed by atoms with Crippen LogP contribution >= 0.6 is 0 Å². The average Bonchev–Trinajstić information content (AvgIpc) is 2.46. The molecule has 3 nitrogen and oxygen atoms in total. The number of hydrogen-bond acceptors (Lipinski definition) is 2. The quantitative estimate of drug-likeness (QED) is 0.882. The molecule has 2 rings (SSSR count). The Morgan fingerprint density at radius 2 is 1.89 bits per heavy atom. The predicted molar refractivity (Wildman–Crippen MR) is 73.8 cm³/mol. The molecule has 98 valence electrons. The fourth-order valence-electron chi connectivity index (χ4n) is 2.25. The molecule has 1 fully saturated rings. The first-order valence-corrected chi connectivity index (χ1v) is 6.90. The summed E-state index contributed by atoms with van der Waals surface area (Å²) in [6.07, 6.45) is 3.53. The van der Waals surface area contributed by atoms with Crippen LogP contribution in [0.1, 0.15) is 35.7 Å². The van der Waals surface area contributed by atoms with Crippen LogP contribution in [0.5, 0.6) is 0 Å². The van der Waals surface area contributed by atoms with Crippen LogP contribution in [0.3, 0.4) is 0 Å². The number of aryl methyl sites for hydroxylation is 1. The Hall–Kier alpha value is -1.35. The zero-order valence-electron chi connectivity index (χ0n) is 11.1. The minimum atomic E-state index is 0.165. The second-order valence-corrected chi connectivity index (χ2v) is 4.84. The summed E-state index contributed by atoms with van der Waals surface area (Å²) >= 11 is 0. The SMILES string of the molecule is CCCCc1ccc(C(=O)N2CCNCC2)cc1. The van der Waals surface area contributed by atoms with E-state index < -0.39 is 0 Å². The summed E-state index contributed by atoms with van der Waals surface area (Å²) in [5.74, 6) is 0.165. The summed E-state index contributed by atoms with van der Waals surface area (Å²) in [6, 6.07) is 8.11. The third kappa shape index (κ3) is 3.33. The van der Waals surface area contributed by atoms with Crippen molar-refractivity contribution >= 4 is 5.91 Å². The second kappa shape index (κ2) is 6.55. The fourth-order valence-corrected chi connectivity index (χ4v) is 2.25. The van der Waals surface area contributed by atoms with Gasteiger partial charge in [0.1, 0.15) is 0 Å². The van der Waals surface area contributed by atoms with E-state index in [2.05, 4.69) is 24.4 Å². The number of nitrogens with zero attached hydrogens (tertiary/aromatic N) is 1. The van der Waals surface area contributed by atoms with E-state index in [-0.39, 0.29) is 5.91 Å². The Morgan fingerprint density at radius 1 is 1.22 bits per heavy atom. The van der Waals surface area contributed by atoms with Gasteiger partial charge in [-0.25, -0.2) is 0 Å². The van der Waals surface area contributed by atoms with Crippen molar-refractivity contribution in [2.45, 2.75) is 26.2 Å². The van der Waals surface area contributed by atoms with E-state index in [1.54, 1.807) is 0 Å². The van der Waals surface area contributed by atoms with Crippen LogP contribution in [0, 0.1) is 0 Å². The average molecular weight is 246 g/mol. The molecule has 3 heteroatoms. The molecule has 0 aromatic heterocycles. The molecular weight excluding hydrogens is 224 g/mol. The summed E-state index contributed by atoms with van der Waals surface area (Å²) in [7, 11) is 0. The van der Waals surface area contributed by atoms with E-state index in [1.807, 2.05) is 17.0 Å². The number of hydrogen-bond donors (Lipinski definition) is 1. The molecule has 1 amide bonds. The highest BCUT2D eigenvalue weighted by atomic mass is 16.2. The second-order valence-electron chi connectivity index (χ2n) is 4.84. The van der Waals surface area contributed by atoms with E-state index in [4.69, 9.17) is 0 Å². The van der Waals surface area contributed by atoms with Gasteiger partial charge in [-0.1, -0.05) is 25.5 Å². The highest BCUT2D eigenvalue weighted by molar-refractivity contribution is 5.94. The first-order chi connectivity index (χ1) is 8.81. The Labute approximate surface area is 109 Å². The highest BCUT2D eigenvalue weighted by Crippen LogP contribution is 2.10. The summed E-state index contributed by atoms with van der Waals surface area (Å²) < 4.78 is 0. The molecule has 1 aliphatic heterocycles. The van der Waals surface area contributed by atoms with Crippen molar-refractivity contribution in [3.05, 3.63) is 35.4 Å². The largest absolute Gasteiger partial charge is 0.336 e. The van der Waals surface area contributed by atoms with Crippen LogP contribution in [0.25, 0.3) is 0 Å². The summed E-state index contributed by atoms with van der Waals surface area (Å²) in [5, 5.41) is 3.26. The van der Waals surface area contributed by atoms with Gasteiger partial charge in [-0.05, 0) is 30.5 Å². The van der Waals surface area contributed by atoms with E-state index in [0.717, 1.165) is 38.2 Å². The Balaban J connectivity index is 1.97. The standard InChI is InChI=1S/C15H22N2O/c1-2-3-4-13-5-7-14(8-6-13)15(18)17-11-9-16-10-12-17/h5-8,16H,2-4,9-12H2,1H3. The molecule has 1 saturated heterocycles. The van der Waals surface area contributed by atoms with Gasteiger partial charge >= 0.3 is 0 Å². The maximum Gasteiger partial charge on any atom is 0.253 e. The smallest absolute Gasteiger partial charge is 0.253 e. The van der Waals surface area contributed by atoms with Gasteiger partial charge in [0.05, 0.1) is 0 Å². The number of carbonyl (C=O) groups is 1. The van der Waals surface area contributed by atoms with Crippen molar-refractivity contribution in [1.29, 1.82) is 0 Å². The minimum Gasteiger partial charge on any atom is -0.336 e. The third-order valence-corrected chi connectivity index (χ3v) is 3.42. The van der Waals surface area contributed by atoms with Crippen molar-refractivity contribution in [1.82, 2.24) is 10.2 Å². The zero-order valence-corrected chi connectivity index (χ0v) is 11.1. The molecule has 0 spiro atoms. The fraction of sp³-hybridized carbons (Fsp3) is 0.533. The van der Waals surface area contributed by atoms with Crippen LogP contribution < -0.4 is 5.32 Å². The van der Waals surface area contributed by atoms with Gasteiger partial charge in [0, 0.05) is 31.7 Å². The molecule has 18 heavy (non-hydrogen) atoms. The Morgan fingerprint density at radius 3 is 2.50 bits per heavy atom. The summed E-state index contributed by atoms with van der Waals surface area (Å²) in [5.41, 5.74) is 2.14. The van der Waals surface area contributed by atoms with E-state index in [9.17, 15) is 4.79 Å². The van der Waals surface area contributed by atoms with Crippen LogP contribution in [-0.2, 0) is 6.42 Å². The zero-order chi connectivity index (χ0) is 12.8. The number of nitrogens with one attached hydrogen (secondary N) is 1. The number of benzene rings is 1. The van der Waals surface area contributed by atoms with E-state index in [1.165, 1.54) is 18.4 Å². The predicted octanol–water partition coefficient (Wildman–Crippen LogP) is 2.07. The molecule has 1 N–H and O–H groups in total. The molecule has 0 aliphatic carbocycles. The molecule has 1 aromatic carbocycles. The lowest BCUT2D eigenvalue weighted by atomic mass is 10.1. The lowest BCUT2D eigenvalue weighted by Gasteiger charge is -2.27. The minimum absolute atomic E-state index is 0.165. The van der Waals surface area contributed by atoms with Gasteiger partial charge in [-0.15, -0.1) is 0 Å². The molecule has 1 heterocycles. The van der Waals surface area contributed by atoms with Gasteiger partial charge in [0.25, 0.3) is 5.91 Å². The normalized spacial score (nSPS) is 15.7. The van der Waals surface area contributed by atoms with Crippen LogP contribution in [0.4, 0.5) is 0 Å². The topological polar surface area (TPSA) is 32.3 Å².